The third-order valence-corrected chi connectivity index (χ3v) is 7.69. The van der Waals surface area contributed by atoms with Crippen molar-refractivity contribution < 1.29 is 8.42 Å². The number of hydrogen-bond acceptors (Lipinski definition) is 5. The Morgan fingerprint density at radius 3 is 2.50 bits per heavy atom. The minimum Gasteiger partial charge on any atom is -0.315 e. The molecule has 0 bridgehead atoms. The predicted molar refractivity (Wildman–Crippen MR) is 110 cm³/mol. The van der Waals surface area contributed by atoms with Gasteiger partial charge >= 0.3 is 0 Å². The van der Waals surface area contributed by atoms with Crippen LogP contribution < -0.4 is 4.90 Å². The summed E-state index contributed by atoms with van der Waals surface area (Å²) >= 11 is 7.60. The Morgan fingerprint density at radius 2 is 1.81 bits per heavy atom. The zero-order chi connectivity index (χ0) is 18.3. The third kappa shape index (κ3) is 3.63. The van der Waals surface area contributed by atoms with Crippen molar-refractivity contribution in [1.82, 2.24) is 0 Å². The van der Waals surface area contributed by atoms with E-state index in [9.17, 15) is 8.42 Å². The van der Waals surface area contributed by atoms with Crippen molar-refractivity contribution in [1.29, 1.82) is 0 Å². The number of hydrogen-bond donors (Lipinski definition) is 0. The van der Waals surface area contributed by atoms with Gasteiger partial charge in [-0.3, -0.25) is 4.99 Å². The molecule has 2 atom stereocenters. The lowest BCUT2D eigenvalue weighted by atomic mass is 10.1. The molecule has 26 heavy (non-hydrogen) atoms. The van der Waals surface area contributed by atoms with Crippen LogP contribution in [-0.4, -0.2) is 37.2 Å². The van der Waals surface area contributed by atoms with Crippen molar-refractivity contribution in [3.8, 4) is 0 Å². The van der Waals surface area contributed by atoms with Crippen LogP contribution in [0.3, 0.4) is 0 Å². The van der Waals surface area contributed by atoms with E-state index in [2.05, 4.69) is 4.90 Å². The molecule has 2 aliphatic heterocycles. The lowest BCUT2D eigenvalue weighted by Crippen LogP contribution is -2.39. The monoisotopic (exact) mass is 406 g/mol. The molecule has 2 aromatic carbocycles. The molecule has 0 unspecified atom stereocenters. The SMILES string of the molecule is Cc1ccc(N2C(SCc3ccc(Cl)cc3)=N[C@@H]3CS(=O)(=O)C[C@H]32)cc1. The fourth-order valence-electron chi connectivity index (χ4n) is 3.37. The maximum absolute atomic E-state index is 12.1. The lowest BCUT2D eigenvalue weighted by Gasteiger charge is -2.26. The highest BCUT2D eigenvalue weighted by atomic mass is 35.5. The highest BCUT2D eigenvalue weighted by Crippen LogP contribution is 2.36. The van der Waals surface area contributed by atoms with E-state index in [1.165, 1.54) is 5.56 Å². The normalized spacial score (nSPS) is 23.8. The Bertz CT molecular complexity index is 941. The number of sulfone groups is 1. The summed E-state index contributed by atoms with van der Waals surface area (Å²) in [6.45, 7) is 2.04. The number of halogens is 1. The second-order valence-corrected chi connectivity index (χ2v) is 10.3. The summed E-state index contributed by atoms with van der Waals surface area (Å²) in [6.07, 6.45) is 0. The van der Waals surface area contributed by atoms with Crippen LogP contribution in [0.25, 0.3) is 0 Å². The van der Waals surface area contributed by atoms with Crippen molar-refractivity contribution >= 4 is 44.1 Å². The number of aryl methyl sites for hydroxylation is 1. The number of aliphatic imine (C=N–C) groups is 1. The van der Waals surface area contributed by atoms with Crippen LogP contribution in [0.4, 0.5) is 5.69 Å². The number of nitrogens with zero attached hydrogens (tertiary/aromatic N) is 2. The first-order valence-corrected chi connectivity index (χ1v) is 11.6. The van der Waals surface area contributed by atoms with Crippen LogP contribution in [0.1, 0.15) is 11.1 Å². The molecule has 2 aromatic rings. The van der Waals surface area contributed by atoms with Gasteiger partial charge in [0.25, 0.3) is 0 Å². The van der Waals surface area contributed by atoms with Gasteiger partial charge in [-0.2, -0.15) is 0 Å². The number of benzene rings is 2. The van der Waals surface area contributed by atoms with E-state index in [0.29, 0.717) is 0 Å². The molecule has 7 heteroatoms. The van der Waals surface area contributed by atoms with Crippen LogP contribution in [0, 0.1) is 6.92 Å². The van der Waals surface area contributed by atoms with Crippen molar-refractivity contribution in [2.45, 2.75) is 24.8 Å². The van der Waals surface area contributed by atoms with E-state index < -0.39 is 9.84 Å². The molecule has 4 rings (SSSR count). The average molecular weight is 407 g/mol. The van der Waals surface area contributed by atoms with Crippen LogP contribution in [-0.2, 0) is 15.6 Å². The Kier molecular flexibility index (Phi) is 4.75. The number of fused-ring (bicyclic) bond motifs is 1. The molecular formula is C19H19ClN2O2S2. The van der Waals surface area contributed by atoms with Gasteiger partial charge in [0.1, 0.15) is 0 Å². The maximum atomic E-state index is 12.1. The average Bonchev–Trinajstić information content (AvgIpc) is 3.06. The van der Waals surface area contributed by atoms with Crippen LogP contribution in [0.2, 0.25) is 5.02 Å². The summed E-state index contributed by atoms with van der Waals surface area (Å²) < 4.78 is 24.2. The Labute approximate surface area is 163 Å². The Hall–Kier alpha value is -1.50. The van der Waals surface area contributed by atoms with Crippen molar-refractivity contribution in [3.05, 3.63) is 64.7 Å². The van der Waals surface area contributed by atoms with E-state index in [1.807, 2.05) is 55.5 Å². The van der Waals surface area contributed by atoms with Gasteiger partial charge in [0.05, 0.1) is 23.6 Å². The number of thioether (sulfide) groups is 1. The Morgan fingerprint density at radius 1 is 1.12 bits per heavy atom. The number of rotatable bonds is 3. The molecule has 0 saturated carbocycles. The molecule has 0 aliphatic carbocycles. The van der Waals surface area contributed by atoms with Gasteiger partial charge in [0.15, 0.2) is 15.0 Å². The predicted octanol–water partition coefficient (Wildman–Crippen LogP) is 3.92. The first-order chi connectivity index (χ1) is 12.4. The summed E-state index contributed by atoms with van der Waals surface area (Å²) in [6, 6.07) is 15.7. The standard InChI is InChI=1S/C19H19ClN2O2S2/c1-13-2-8-16(9-3-13)22-18-12-26(23,24)11-17(18)21-19(22)25-10-14-4-6-15(20)7-5-14/h2-9,17-18H,10-12H2,1H3/t17-,18-/m1/s1. The molecule has 136 valence electrons. The molecule has 0 aromatic heterocycles. The fourth-order valence-corrected chi connectivity index (χ4v) is 6.42. The van der Waals surface area contributed by atoms with E-state index in [4.69, 9.17) is 16.6 Å². The van der Waals surface area contributed by atoms with Gasteiger partial charge in [-0.1, -0.05) is 53.2 Å². The summed E-state index contributed by atoms with van der Waals surface area (Å²) in [5, 5.41) is 1.62. The molecule has 1 fully saturated rings. The van der Waals surface area contributed by atoms with E-state index in [1.54, 1.807) is 11.8 Å². The van der Waals surface area contributed by atoms with Gasteiger partial charge in [-0.05, 0) is 36.8 Å². The molecule has 2 heterocycles. The van der Waals surface area contributed by atoms with Crippen molar-refractivity contribution in [2.75, 3.05) is 16.4 Å². The molecule has 4 nitrogen and oxygen atoms in total. The minimum absolute atomic E-state index is 0.101. The second-order valence-electron chi connectivity index (χ2n) is 6.74. The smallest absolute Gasteiger partial charge is 0.164 e. The summed E-state index contributed by atoms with van der Waals surface area (Å²) in [4.78, 5) is 6.87. The van der Waals surface area contributed by atoms with E-state index in [-0.39, 0.29) is 23.6 Å². The van der Waals surface area contributed by atoms with Crippen LogP contribution in [0.5, 0.6) is 0 Å². The first-order valence-electron chi connectivity index (χ1n) is 8.43. The lowest BCUT2D eigenvalue weighted by molar-refractivity contribution is 0.601. The molecule has 0 radical (unpaired) electrons. The summed E-state index contributed by atoms with van der Waals surface area (Å²) in [5.41, 5.74) is 3.34. The van der Waals surface area contributed by atoms with Gasteiger partial charge in [-0.25, -0.2) is 8.42 Å². The Balaban J connectivity index is 1.60. The topological polar surface area (TPSA) is 49.7 Å². The van der Waals surface area contributed by atoms with Crippen LogP contribution in [0.15, 0.2) is 53.5 Å². The van der Waals surface area contributed by atoms with Gasteiger partial charge in [0, 0.05) is 16.5 Å². The van der Waals surface area contributed by atoms with E-state index >= 15 is 0 Å². The third-order valence-electron chi connectivity index (χ3n) is 4.70. The fraction of sp³-hybridized carbons (Fsp3) is 0.316. The maximum Gasteiger partial charge on any atom is 0.164 e. The molecule has 2 aliphatic rings. The van der Waals surface area contributed by atoms with E-state index in [0.717, 1.165) is 27.2 Å². The molecular weight excluding hydrogens is 388 g/mol. The quantitative estimate of drug-likeness (QED) is 0.775. The zero-order valence-electron chi connectivity index (χ0n) is 14.3. The summed E-state index contributed by atoms with van der Waals surface area (Å²) in [5.74, 6) is 1.08. The molecule has 0 amide bonds. The summed E-state index contributed by atoms with van der Waals surface area (Å²) in [7, 11) is -3.02. The zero-order valence-corrected chi connectivity index (χ0v) is 16.7. The highest BCUT2D eigenvalue weighted by Gasteiger charge is 2.47. The number of amidine groups is 1. The largest absolute Gasteiger partial charge is 0.315 e. The van der Waals surface area contributed by atoms with Gasteiger partial charge in [0.2, 0.25) is 0 Å². The van der Waals surface area contributed by atoms with Gasteiger partial charge < -0.3 is 4.90 Å². The molecule has 0 spiro atoms. The first kappa shape index (κ1) is 17.9. The van der Waals surface area contributed by atoms with Crippen molar-refractivity contribution in [2.24, 2.45) is 4.99 Å². The number of anilines is 1. The van der Waals surface area contributed by atoms with Crippen molar-refractivity contribution in [3.63, 3.8) is 0 Å². The highest BCUT2D eigenvalue weighted by molar-refractivity contribution is 8.13. The molecule has 0 N–H and O–H groups in total. The molecule has 1 saturated heterocycles. The second kappa shape index (κ2) is 6.91. The minimum atomic E-state index is -3.02. The van der Waals surface area contributed by atoms with Crippen LogP contribution >= 0.6 is 23.4 Å². The van der Waals surface area contributed by atoms with Gasteiger partial charge in [-0.15, -0.1) is 0 Å².